The Balaban J connectivity index is 1.47. The van der Waals surface area contributed by atoms with E-state index in [0.717, 1.165) is 35.8 Å². The molecule has 3 N–H and O–H groups in total. The molecule has 2 aliphatic rings. The van der Waals surface area contributed by atoms with Crippen LogP contribution in [-0.4, -0.2) is 71.2 Å². The van der Waals surface area contributed by atoms with Gasteiger partial charge in [-0.2, -0.15) is 12.7 Å². The monoisotopic (exact) mass is 545 g/mol. The summed E-state index contributed by atoms with van der Waals surface area (Å²) >= 11 is 0. The second kappa shape index (κ2) is 10.7. The quantitative estimate of drug-likeness (QED) is 0.407. The maximum absolute atomic E-state index is 13.1. The van der Waals surface area contributed by atoms with Crippen LogP contribution in [0.1, 0.15) is 50.0 Å². The minimum Gasteiger partial charge on any atom is -0.493 e. The molecule has 3 aromatic rings. The van der Waals surface area contributed by atoms with Crippen molar-refractivity contribution in [2.45, 2.75) is 45.4 Å². The molecule has 14 heteroatoms. The summed E-state index contributed by atoms with van der Waals surface area (Å²) < 4.78 is 40.8. The molecule has 2 aromatic heterocycles. The van der Waals surface area contributed by atoms with Crippen LogP contribution in [0.15, 0.2) is 23.0 Å². The van der Waals surface area contributed by atoms with Crippen molar-refractivity contribution >= 4 is 27.4 Å². The van der Waals surface area contributed by atoms with Crippen LogP contribution in [-0.2, 0) is 14.9 Å². The summed E-state index contributed by atoms with van der Waals surface area (Å²) in [5.74, 6) is 1.69. The summed E-state index contributed by atoms with van der Waals surface area (Å²) in [6.45, 7) is 4.84. The van der Waals surface area contributed by atoms with E-state index < -0.39 is 16.2 Å². The Bertz CT molecular complexity index is 1500. The maximum Gasteiger partial charge on any atom is 0.333 e. The third-order valence-electron chi connectivity index (χ3n) is 6.75. The third-order valence-corrected chi connectivity index (χ3v) is 8.23. The first kappa shape index (κ1) is 26.1. The van der Waals surface area contributed by atoms with Gasteiger partial charge in [0.05, 0.1) is 31.1 Å². The van der Waals surface area contributed by atoms with Gasteiger partial charge in [-0.25, -0.2) is 19.0 Å². The van der Waals surface area contributed by atoms with Gasteiger partial charge in [0.25, 0.3) is 5.56 Å². The molecule has 1 aromatic carbocycles. The normalized spacial score (nSPS) is 17.1. The number of amides is 2. The average molecular weight is 546 g/mol. The van der Waals surface area contributed by atoms with Gasteiger partial charge in [0.2, 0.25) is 0 Å². The summed E-state index contributed by atoms with van der Waals surface area (Å²) in [6, 6.07) is 3.87. The van der Waals surface area contributed by atoms with Gasteiger partial charge in [0.1, 0.15) is 11.6 Å². The van der Waals surface area contributed by atoms with Crippen molar-refractivity contribution in [3.8, 4) is 17.1 Å². The van der Waals surface area contributed by atoms with E-state index >= 15 is 0 Å². The number of aromatic amines is 1. The van der Waals surface area contributed by atoms with Gasteiger partial charge >= 0.3 is 16.2 Å². The lowest BCUT2D eigenvalue weighted by Gasteiger charge is -2.25. The van der Waals surface area contributed by atoms with E-state index in [2.05, 4.69) is 15.3 Å². The number of rotatable bonds is 7. The summed E-state index contributed by atoms with van der Waals surface area (Å²) in [5.41, 5.74) is 1.41. The van der Waals surface area contributed by atoms with Gasteiger partial charge in [-0.05, 0) is 44.9 Å². The van der Waals surface area contributed by atoms with E-state index in [-0.39, 0.29) is 43.6 Å². The number of benzene rings is 1. The molecule has 1 saturated carbocycles. The van der Waals surface area contributed by atoms with Gasteiger partial charge < -0.3 is 19.8 Å². The third kappa shape index (κ3) is 5.24. The Kier molecular flexibility index (Phi) is 7.36. The fourth-order valence-electron chi connectivity index (χ4n) is 4.96. The Labute approximate surface area is 219 Å². The molecule has 0 unspecified atom stereocenters. The molecule has 13 nitrogen and oxygen atoms in total. The first-order chi connectivity index (χ1) is 18.3. The summed E-state index contributed by atoms with van der Waals surface area (Å²) in [4.78, 5) is 33.2. The van der Waals surface area contributed by atoms with Crippen molar-refractivity contribution in [2.75, 3.05) is 38.2 Å². The van der Waals surface area contributed by atoms with Gasteiger partial charge in [-0.15, -0.1) is 5.10 Å². The molecule has 3 heterocycles. The van der Waals surface area contributed by atoms with E-state index in [1.54, 1.807) is 29.6 Å². The topological polar surface area (TPSA) is 160 Å². The van der Waals surface area contributed by atoms with Crippen LogP contribution in [0.4, 0.5) is 10.5 Å². The number of hydrogen-bond donors (Lipinski definition) is 3. The van der Waals surface area contributed by atoms with Crippen LogP contribution in [0.5, 0.6) is 5.75 Å². The number of anilines is 1. The molecule has 1 saturated heterocycles. The highest BCUT2D eigenvalue weighted by atomic mass is 32.2. The highest BCUT2D eigenvalue weighted by Gasteiger charge is 2.27. The molecule has 0 radical (unpaired) electrons. The Morgan fingerprint density at radius 3 is 2.68 bits per heavy atom. The standard InChI is InChI=1S/C24H31N7O6S/c1-3-37-19-9-8-17(26-24(33)29-38(34,35)30-10-12-36-13-11-30)14-18(19)21-27-23(32)20-15(2)25-22(31(20)28-21)16-6-4-5-7-16/h8-9,14,16H,3-7,10-13H2,1-2H3,(H2,26,29,33)(H,27,28,32). The number of nitrogens with one attached hydrogen (secondary N) is 3. The lowest BCUT2D eigenvalue weighted by Crippen LogP contribution is -2.49. The van der Waals surface area contributed by atoms with Crippen LogP contribution >= 0.6 is 0 Å². The number of morpholine rings is 1. The SMILES string of the molecule is CCOc1ccc(NC(=O)NS(=O)(=O)N2CCOCC2)cc1-c1nn2c(C3CCCC3)nc(C)c2c(=O)[nH]1. The zero-order chi connectivity index (χ0) is 26.9. The molecule has 2 fully saturated rings. The number of hydrogen-bond acceptors (Lipinski definition) is 8. The summed E-state index contributed by atoms with van der Waals surface area (Å²) in [7, 11) is -4.03. The molecule has 1 aliphatic heterocycles. The van der Waals surface area contributed by atoms with Crippen molar-refractivity contribution < 1.29 is 22.7 Å². The average Bonchev–Trinajstić information content (AvgIpc) is 3.53. The molecular weight excluding hydrogens is 514 g/mol. The summed E-state index contributed by atoms with van der Waals surface area (Å²) in [6.07, 6.45) is 4.21. The van der Waals surface area contributed by atoms with Gasteiger partial charge in [-0.3, -0.25) is 4.79 Å². The second-order valence-electron chi connectivity index (χ2n) is 9.32. The number of aryl methyl sites for hydroxylation is 1. The van der Waals surface area contributed by atoms with Crippen molar-refractivity contribution in [3.63, 3.8) is 0 Å². The molecule has 0 bridgehead atoms. The van der Waals surface area contributed by atoms with Gasteiger partial charge in [0.15, 0.2) is 11.3 Å². The smallest absolute Gasteiger partial charge is 0.333 e. The van der Waals surface area contributed by atoms with E-state index in [1.807, 2.05) is 11.6 Å². The van der Waals surface area contributed by atoms with E-state index in [1.165, 1.54) is 0 Å². The highest BCUT2D eigenvalue weighted by molar-refractivity contribution is 7.87. The lowest BCUT2D eigenvalue weighted by atomic mass is 10.1. The van der Waals surface area contributed by atoms with Crippen molar-refractivity contribution in [2.24, 2.45) is 0 Å². The molecule has 0 spiro atoms. The van der Waals surface area contributed by atoms with Gasteiger partial charge in [0, 0.05) is 24.7 Å². The molecule has 0 atom stereocenters. The van der Waals surface area contributed by atoms with Crippen LogP contribution in [0.2, 0.25) is 0 Å². The Morgan fingerprint density at radius 2 is 1.97 bits per heavy atom. The minimum atomic E-state index is -4.03. The number of carbonyl (C=O) groups excluding carboxylic acids is 1. The van der Waals surface area contributed by atoms with Crippen LogP contribution < -0.4 is 20.3 Å². The van der Waals surface area contributed by atoms with Gasteiger partial charge in [-0.1, -0.05) is 12.8 Å². The zero-order valence-electron chi connectivity index (χ0n) is 21.3. The highest BCUT2D eigenvalue weighted by Crippen LogP contribution is 2.35. The molecular formula is C24H31N7O6S. The zero-order valence-corrected chi connectivity index (χ0v) is 22.1. The largest absolute Gasteiger partial charge is 0.493 e. The molecule has 1 aliphatic carbocycles. The minimum absolute atomic E-state index is 0.161. The van der Waals surface area contributed by atoms with E-state index in [4.69, 9.17) is 14.6 Å². The number of aromatic nitrogens is 4. The second-order valence-corrected chi connectivity index (χ2v) is 11.0. The Morgan fingerprint density at radius 1 is 1.24 bits per heavy atom. The van der Waals surface area contributed by atoms with Crippen molar-refractivity contribution in [1.82, 2.24) is 28.6 Å². The lowest BCUT2D eigenvalue weighted by molar-refractivity contribution is 0.0726. The van der Waals surface area contributed by atoms with Crippen molar-refractivity contribution in [1.29, 1.82) is 0 Å². The Hall–Kier alpha value is -3.49. The number of nitrogens with zero attached hydrogens (tertiary/aromatic N) is 4. The molecule has 5 rings (SSSR count). The fourth-order valence-corrected chi connectivity index (χ4v) is 6.01. The number of carbonyl (C=O) groups is 1. The number of imidazole rings is 1. The number of fused-ring (bicyclic) bond motifs is 1. The van der Waals surface area contributed by atoms with Crippen molar-refractivity contribution in [3.05, 3.63) is 40.1 Å². The predicted octanol–water partition coefficient (Wildman–Crippen LogP) is 2.15. The fraction of sp³-hybridized carbons (Fsp3) is 0.500. The molecule has 204 valence electrons. The van der Waals surface area contributed by atoms with Crippen LogP contribution in [0.25, 0.3) is 16.9 Å². The molecule has 2 amide bonds. The maximum atomic E-state index is 13.1. The summed E-state index contributed by atoms with van der Waals surface area (Å²) in [5, 5.41) is 7.28. The van der Waals surface area contributed by atoms with E-state index in [9.17, 15) is 18.0 Å². The van der Waals surface area contributed by atoms with Crippen LogP contribution in [0, 0.1) is 6.92 Å². The van der Waals surface area contributed by atoms with E-state index in [0.29, 0.717) is 34.8 Å². The van der Waals surface area contributed by atoms with Crippen LogP contribution in [0.3, 0.4) is 0 Å². The molecule has 38 heavy (non-hydrogen) atoms. The number of ether oxygens (including phenoxy) is 2. The first-order valence-corrected chi connectivity index (χ1v) is 14.1. The number of H-pyrrole nitrogens is 1. The first-order valence-electron chi connectivity index (χ1n) is 12.7. The predicted molar refractivity (Wildman–Crippen MR) is 140 cm³/mol. The number of urea groups is 1.